The minimum atomic E-state index is -0.209. The van der Waals surface area contributed by atoms with Crippen molar-refractivity contribution in [1.29, 1.82) is 0 Å². The zero-order chi connectivity index (χ0) is 13.7. The molecule has 2 aromatic heterocycles. The molecule has 0 saturated heterocycles. The summed E-state index contributed by atoms with van der Waals surface area (Å²) in [5.41, 5.74) is 0.398. The highest BCUT2D eigenvalue weighted by Gasteiger charge is 2.09. The summed E-state index contributed by atoms with van der Waals surface area (Å²) in [5.74, 6) is 0.676. The Bertz CT molecular complexity index is 582. The zero-order valence-corrected chi connectivity index (χ0v) is 11.9. The van der Waals surface area contributed by atoms with E-state index in [1.54, 1.807) is 25.6 Å². The smallest absolute Gasteiger partial charge is 0.283 e. The summed E-state index contributed by atoms with van der Waals surface area (Å²) < 4.78 is 11.6. The van der Waals surface area contributed by atoms with Crippen LogP contribution in [0.2, 0.25) is 0 Å². The largest absolute Gasteiger partial charge is 0.383 e. The first-order valence-electron chi connectivity index (χ1n) is 5.60. The first-order valence-corrected chi connectivity index (χ1v) is 6.39. The molecular formula is C11H13BrN4O3. The van der Waals surface area contributed by atoms with Crippen LogP contribution in [-0.4, -0.2) is 28.7 Å². The SMILES string of the molecule is COCCn1ncc(NCc2ccno2)c(Br)c1=O. The molecular weight excluding hydrogens is 316 g/mol. The topological polar surface area (TPSA) is 82.2 Å². The monoisotopic (exact) mass is 328 g/mol. The van der Waals surface area contributed by atoms with Gasteiger partial charge in [0.2, 0.25) is 0 Å². The van der Waals surface area contributed by atoms with Crippen LogP contribution >= 0.6 is 15.9 Å². The van der Waals surface area contributed by atoms with E-state index in [4.69, 9.17) is 9.26 Å². The second-order valence-electron chi connectivity index (χ2n) is 3.73. The number of ether oxygens (including phenoxy) is 1. The fourth-order valence-corrected chi connectivity index (χ4v) is 1.89. The highest BCUT2D eigenvalue weighted by atomic mass is 79.9. The van der Waals surface area contributed by atoms with Crippen LogP contribution in [0.3, 0.4) is 0 Å². The Morgan fingerprint density at radius 2 is 2.42 bits per heavy atom. The van der Waals surface area contributed by atoms with E-state index in [0.29, 0.717) is 35.6 Å². The number of hydrogen-bond donors (Lipinski definition) is 1. The lowest BCUT2D eigenvalue weighted by molar-refractivity contribution is 0.181. The molecule has 0 fully saturated rings. The van der Waals surface area contributed by atoms with E-state index in [-0.39, 0.29) is 5.56 Å². The second kappa shape index (κ2) is 6.48. The van der Waals surface area contributed by atoms with Crippen LogP contribution in [0.25, 0.3) is 0 Å². The molecule has 1 N–H and O–H groups in total. The van der Waals surface area contributed by atoms with Crippen LogP contribution in [0.5, 0.6) is 0 Å². The molecule has 2 aromatic rings. The van der Waals surface area contributed by atoms with Crippen molar-refractivity contribution in [2.45, 2.75) is 13.1 Å². The molecule has 19 heavy (non-hydrogen) atoms. The van der Waals surface area contributed by atoms with E-state index in [1.165, 1.54) is 4.68 Å². The van der Waals surface area contributed by atoms with Crippen molar-refractivity contribution in [2.75, 3.05) is 19.0 Å². The van der Waals surface area contributed by atoms with E-state index in [0.717, 1.165) is 0 Å². The van der Waals surface area contributed by atoms with Gasteiger partial charge < -0.3 is 14.6 Å². The first-order chi connectivity index (χ1) is 9.22. The number of aromatic nitrogens is 3. The summed E-state index contributed by atoms with van der Waals surface area (Å²) in [6, 6.07) is 1.74. The van der Waals surface area contributed by atoms with Gasteiger partial charge in [0.05, 0.1) is 37.8 Å². The van der Waals surface area contributed by atoms with Gasteiger partial charge >= 0.3 is 0 Å². The molecule has 0 aliphatic heterocycles. The van der Waals surface area contributed by atoms with Crippen LogP contribution in [-0.2, 0) is 17.8 Å². The number of nitrogens with one attached hydrogen (secondary N) is 1. The molecule has 0 bridgehead atoms. The van der Waals surface area contributed by atoms with E-state index < -0.39 is 0 Å². The number of halogens is 1. The minimum Gasteiger partial charge on any atom is -0.383 e. The number of rotatable bonds is 6. The van der Waals surface area contributed by atoms with Gasteiger partial charge in [-0.3, -0.25) is 4.79 Å². The van der Waals surface area contributed by atoms with Crippen LogP contribution in [0.4, 0.5) is 5.69 Å². The summed E-state index contributed by atoms with van der Waals surface area (Å²) in [4.78, 5) is 12.0. The van der Waals surface area contributed by atoms with E-state index >= 15 is 0 Å². The van der Waals surface area contributed by atoms with Crippen molar-refractivity contribution in [3.63, 3.8) is 0 Å². The molecule has 0 spiro atoms. The number of methoxy groups -OCH3 is 1. The van der Waals surface area contributed by atoms with Crippen molar-refractivity contribution >= 4 is 21.6 Å². The molecule has 2 heterocycles. The Labute approximate surface area is 117 Å². The molecule has 8 heteroatoms. The predicted molar refractivity (Wildman–Crippen MR) is 71.9 cm³/mol. The Morgan fingerprint density at radius 1 is 1.58 bits per heavy atom. The van der Waals surface area contributed by atoms with Crippen molar-refractivity contribution in [3.05, 3.63) is 39.0 Å². The molecule has 0 amide bonds. The van der Waals surface area contributed by atoms with Crippen molar-refractivity contribution in [3.8, 4) is 0 Å². The number of nitrogens with zero attached hydrogens (tertiary/aromatic N) is 3. The molecule has 0 aliphatic rings. The maximum Gasteiger partial charge on any atom is 0.283 e. The van der Waals surface area contributed by atoms with Gasteiger partial charge in [0.25, 0.3) is 5.56 Å². The molecule has 0 radical (unpaired) electrons. The third kappa shape index (κ3) is 3.42. The van der Waals surface area contributed by atoms with E-state index in [1.807, 2.05) is 0 Å². The summed E-state index contributed by atoms with van der Waals surface area (Å²) in [7, 11) is 1.58. The average Bonchev–Trinajstić information content (AvgIpc) is 2.92. The lowest BCUT2D eigenvalue weighted by Crippen LogP contribution is -2.26. The van der Waals surface area contributed by atoms with E-state index in [9.17, 15) is 4.79 Å². The molecule has 0 aliphatic carbocycles. The van der Waals surface area contributed by atoms with Crippen LogP contribution in [0.15, 0.2) is 32.3 Å². The summed E-state index contributed by atoms with van der Waals surface area (Å²) >= 11 is 3.26. The Balaban J connectivity index is 2.09. The summed E-state index contributed by atoms with van der Waals surface area (Å²) in [5, 5.41) is 10.7. The maximum atomic E-state index is 12.0. The van der Waals surface area contributed by atoms with Gasteiger partial charge in [-0.1, -0.05) is 5.16 Å². The molecule has 0 unspecified atom stereocenters. The van der Waals surface area contributed by atoms with Gasteiger partial charge in [-0.15, -0.1) is 0 Å². The van der Waals surface area contributed by atoms with Crippen LogP contribution in [0.1, 0.15) is 5.76 Å². The summed E-state index contributed by atoms with van der Waals surface area (Å²) in [6.07, 6.45) is 3.14. The van der Waals surface area contributed by atoms with Crippen LogP contribution in [0, 0.1) is 0 Å². The van der Waals surface area contributed by atoms with Crippen molar-refractivity contribution in [2.24, 2.45) is 0 Å². The highest BCUT2D eigenvalue weighted by molar-refractivity contribution is 9.10. The lowest BCUT2D eigenvalue weighted by atomic mass is 10.4. The quantitative estimate of drug-likeness (QED) is 0.859. The third-order valence-electron chi connectivity index (χ3n) is 2.44. The van der Waals surface area contributed by atoms with Crippen molar-refractivity contribution in [1.82, 2.24) is 14.9 Å². The molecule has 0 aromatic carbocycles. The van der Waals surface area contributed by atoms with Gasteiger partial charge in [-0.2, -0.15) is 5.10 Å². The average molecular weight is 329 g/mol. The van der Waals surface area contributed by atoms with E-state index in [2.05, 4.69) is 31.5 Å². The predicted octanol–water partition coefficient (Wildman–Crippen LogP) is 1.25. The fraction of sp³-hybridized carbons (Fsp3) is 0.364. The standard InChI is InChI=1S/C11H13BrN4O3/c1-18-5-4-16-11(17)10(12)9(7-14-16)13-6-8-2-3-15-19-8/h2-3,7,13H,4-6H2,1H3. The maximum absolute atomic E-state index is 12.0. The zero-order valence-electron chi connectivity index (χ0n) is 10.3. The molecule has 0 saturated carbocycles. The van der Waals surface area contributed by atoms with Gasteiger partial charge in [0.1, 0.15) is 4.47 Å². The Morgan fingerprint density at radius 3 is 3.11 bits per heavy atom. The first kappa shape index (κ1) is 13.8. The third-order valence-corrected chi connectivity index (χ3v) is 3.20. The molecule has 102 valence electrons. The van der Waals surface area contributed by atoms with Gasteiger partial charge in [-0.05, 0) is 15.9 Å². The number of hydrogen-bond acceptors (Lipinski definition) is 6. The minimum absolute atomic E-state index is 0.209. The fourth-order valence-electron chi connectivity index (χ4n) is 1.44. The second-order valence-corrected chi connectivity index (χ2v) is 4.52. The van der Waals surface area contributed by atoms with Gasteiger partial charge in [0, 0.05) is 13.2 Å². The molecule has 0 atom stereocenters. The normalized spacial score (nSPS) is 10.6. The molecule has 7 nitrogen and oxygen atoms in total. The van der Waals surface area contributed by atoms with Crippen molar-refractivity contribution < 1.29 is 9.26 Å². The summed E-state index contributed by atoms with van der Waals surface area (Å²) in [6.45, 7) is 1.28. The van der Waals surface area contributed by atoms with Gasteiger partial charge in [-0.25, -0.2) is 4.68 Å². The number of anilines is 1. The lowest BCUT2D eigenvalue weighted by Gasteiger charge is -2.09. The van der Waals surface area contributed by atoms with Crippen LogP contribution < -0.4 is 10.9 Å². The Kier molecular flexibility index (Phi) is 4.69. The molecule has 2 rings (SSSR count). The van der Waals surface area contributed by atoms with Gasteiger partial charge in [0.15, 0.2) is 5.76 Å². The highest BCUT2D eigenvalue weighted by Crippen LogP contribution is 2.17. The Hall–Kier alpha value is -1.67.